The van der Waals surface area contributed by atoms with Crippen molar-refractivity contribution in [3.05, 3.63) is 33.1 Å². The first-order valence-corrected chi connectivity index (χ1v) is 7.84. The normalized spacial score (nSPS) is 31.8. The zero-order valence-corrected chi connectivity index (χ0v) is 12.4. The third kappa shape index (κ3) is 2.44. The van der Waals surface area contributed by atoms with Gasteiger partial charge in [-0.1, -0.05) is 12.5 Å². The van der Waals surface area contributed by atoms with Gasteiger partial charge < -0.3 is 5.11 Å². The standard InChI is InChI=1S/C15H18FIO/c16-12-3-4-13(14(17)8-12)15(18)7-11-6-9-1-2-10(11)5-9/h3-4,8-11,15,18H,1-2,5-7H2. The molecule has 2 aliphatic rings. The third-order valence-electron chi connectivity index (χ3n) is 4.73. The zero-order chi connectivity index (χ0) is 12.7. The van der Waals surface area contributed by atoms with Crippen molar-refractivity contribution in [3.63, 3.8) is 0 Å². The molecule has 0 radical (unpaired) electrons. The molecule has 1 nitrogen and oxygen atoms in total. The first-order valence-electron chi connectivity index (χ1n) is 6.76. The van der Waals surface area contributed by atoms with Crippen LogP contribution >= 0.6 is 22.6 Å². The van der Waals surface area contributed by atoms with Crippen LogP contribution in [0.15, 0.2) is 18.2 Å². The van der Waals surface area contributed by atoms with Gasteiger partial charge in [-0.25, -0.2) is 4.39 Å². The van der Waals surface area contributed by atoms with Crippen molar-refractivity contribution in [1.29, 1.82) is 0 Å². The number of aliphatic hydroxyl groups is 1. The van der Waals surface area contributed by atoms with Crippen molar-refractivity contribution in [2.24, 2.45) is 17.8 Å². The largest absolute Gasteiger partial charge is 0.388 e. The van der Waals surface area contributed by atoms with E-state index in [0.717, 1.165) is 27.4 Å². The molecule has 3 rings (SSSR count). The average Bonchev–Trinajstić information content (AvgIpc) is 2.90. The van der Waals surface area contributed by atoms with E-state index < -0.39 is 6.10 Å². The van der Waals surface area contributed by atoms with E-state index in [2.05, 4.69) is 22.6 Å². The monoisotopic (exact) mass is 360 g/mol. The first kappa shape index (κ1) is 12.9. The first-order chi connectivity index (χ1) is 8.63. The summed E-state index contributed by atoms with van der Waals surface area (Å²) in [6, 6.07) is 4.68. The Morgan fingerprint density at radius 1 is 1.33 bits per heavy atom. The molecule has 2 saturated carbocycles. The van der Waals surface area contributed by atoms with Crippen molar-refractivity contribution in [2.45, 2.75) is 38.2 Å². The number of hydrogen-bond donors (Lipinski definition) is 1. The topological polar surface area (TPSA) is 20.2 Å². The van der Waals surface area contributed by atoms with Crippen LogP contribution in [0, 0.1) is 27.1 Å². The van der Waals surface area contributed by atoms with Crippen molar-refractivity contribution in [1.82, 2.24) is 0 Å². The van der Waals surface area contributed by atoms with Crippen LogP contribution in [0.2, 0.25) is 0 Å². The molecule has 1 aromatic carbocycles. The summed E-state index contributed by atoms with van der Waals surface area (Å²) in [7, 11) is 0. The fourth-order valence-electron chi connectivity index (χ4n) is 3.85. The lowest BCUT2D eigenvalue weighted by Gasteiger charge is -2.24. The summed E-state index contributed by atoms with van der Waals surface area (Å²) in [6.07, 6.45) is 5.83. The Balaban J connectivity index is 1.69. The molecule has 2 fully saturated rings. The minimum absolute atomic E-state index is 0.227. The van der Waals surface area contributed by atoms with Gasteiger partial charge in [0.05, 0.1) is 6.10 Å². The quantitative estimate of drug-likeness (QED) is 0.798. The Morgan fingerprint density at radius 3 is 2.78 bits per heavy atom. The number of aliphatic hydroxyl groups excluding tert-OH is 1. The summed E-state index contributed by atoms with van der Waals surface area (Å²) in [6.45, 7) is 0. The molecule has 0 aliphatic heterocycles. The van der Waals surface area contributed by atoms with Gasteiger partial charge in [-0.05, 0) is 83.7 Å². The molecule has 0 spiro atoms. The SMILES string of the molecule is OC(CC1CC2CCC1C2)c1ccc(F)cc1I. The predicted molar refractivity (Wildman–Crippen MR) is 77.6 cm³/mol. The molecule has 3 heteroatoms. The molecule has 98 valence electrons. The van der Waals surface area contributed by atoms with Crippen molar-refractivity contribution >= 4 is 22.6 Å². The van der Waals surface area contributed by atoms with Crippen LogP contribution in [-0.2, 0) is 0 Å². The van der Waals surface area contributed by atoms with Crippen LogP contribution in [-0.4, -0.2) is 5.11 Å². The molecule has 2 bridgehead atoms. The van der Waals surface area contributed by atoms with Gasteiger partial charge in [-0.2, -0.15) is 0 Å². The van der Waals surface area contributed by atoms with E-state index in [-0.39, 0.29) is 5.82 Å². The lowest BCUT2D eigenvalue weighted by molar-refractivity contribution is 0.125. The van der Waals surface area contributed by atoms with Crippen LogP contribution in [0.3, 0.4) is 0 Å². The van der Waals surface area contributed by atoms with Crippen LogP contribution in [0.4, 0.5) is 4.39 Å². The number of halogens is 2. The molecular weight excluding hydrogens is 342 g/mol. The second kappa shape index (κ2) is 5.08. The molecule has 4 atom stereocenters. The summed E-state index contributed by atoms with van der Waals surface area (Å²) in [5.41, 5.74) is 0.889. The summed E-state index contributed by atoms with van der Waals surface area (Å²) < 4.78 is 13.9. The minimum Gasteiger partial charge on any atom is -0.388 e. The third-order valence-corrected chi connectivity index (χ3v) is 5.67. The van der Waals surface area contributed by atoms with Crippen molar-refractivity contribution in [3.8, 4) is 0 Å². The van der Waals surface area contributed by atoms with Gasteiger partial charge in [-0.3, -0.25) is 0 Å². The van der Waals surface area contributed by atoms with Crippen LogP contribution in [0.1, 0.15) is 43.8 Å². The van der Waals surface area contributed by atoms with E-state index >= 15 is 0 Å². The highest BCUT2D eigenvalue weighted by atomic mass is 127. The van der Waals surface area contributed by atoms with Crippen LogP contribution in [0.5, 0.6) is 0 Å². The van der Waals surface area contributed by atoms with Gasteiger partial charge in [0, 0.05) is 3.57 Å². The highest BCUT2D eigenvalue weighted by Crippen LogP contribution is 2.51. The lowest BCUT2D eigenvalue weighted by atomic mass is 9.83. The molecule has 0 saturated heterocycles. The van der Waals surface area contributed by atoms with Crippen molar-refractivity contribution in [2.75, 3.05) is 0 Å². The Kier molecular flexibility index (Phi) is 3.63. The summed E-state index contributed by atoms with van der Waals surface area (Å²) in [5.74, 6) is 2.21. The van der Waals surface area contributed by atoms with Gasteiger partial charge in [0.25, 0.3) is 0 Å². The Hall–Kier alpha value is -0.160. The van der Waals surface area contributed by atoms with Crippen molar-refractivity contribution < 1.29 is 9.50 Å². The fourth-order valence-corrected chi connectivity index (χ4v) is 4.69. The minimum atomic E-state index is -0.429. The average molecular weight is 360 g/mol. The number of hydrogen-bond acceptors (Lipinski definition) is 1. The summed E-state index contributed by atoms with van der Waals surface area (Å²) in [4.78, 5) is 0. The van der Waals surface area contributed by atoms with Gasteiger partial charge in [0.1, 0.15) is 5.82 Å². The van der Waals surface area contributed by atoms with Crippen LogP contribution in [0.25, 0.3) is 0 Å². The Bertz CT molecular complexity index is 448. The van der Waals surface area contributed by atoms with Gasteiger partial charge in [0.2, 0.25) is 0 Å². The molecule has 18 heavy (non-hydrogen) atoms. The maximum Gasteiger partial charge on any atom is 0.124 e. The van der Waals surface area contributed by atoms with E-state index in [1.807, 2.05) is 0 Å². The number of benzene rings is 1. The molecule has 0 amide bonds. The smallest absolute Gasteiger partial charge is 0.124 e. The highest BCUT2D eigenvalue weighted by Gasteiger charge is 2.40. The number of fused-ring (bicyclic) bond motifs is 2. The van der Waals surface area contributed by atoms with Gasteiger partial charge >= 0.3 is 0 Å². The lowest BCUT2D eigenvalue weighted by Crippen LogP contribution is -2.14. The van der Waals surface area contributed by atoms with E-state index in [1.165, 1.54) is 37.8 Å². The Morgan fingerprint density at radius 2 is 2.17 bits per heavy atom. The maximum absolute atomic E-state index is 13.1. The zero-order valence-electron chi connectivity index (χ0n) is 10.3. The Labute approximate surface area is 121 Å². The highest BCUT2D eigenvalue weighted by molar-refractivity contribution is 14.1. The fraction of sp³-hybridized carbons (Fsp3) is 0.600. The van der Waals surface area contributed by atoms with E-state index in [4.69, 9.17) is 0 Å². The molecule has 2 aliphatic carbocycles. The van der Waals surface area contributed by atoms with E-state index in [9.17, 15) is 9.50 Å². The van der Waals surface area contributed by atoms with E-state index in [0.29, 0.717) is 5.92 Å². The molecule has 4 unspecified atom stereocenters. The van der Waals surface area contributed by atoms with E-state index in [1.54, 1.807) is 6.07 Å². The summed E-state index contributed by atoms with van der Waals surface area (Å²) >= 11 is 2.11. The molecule has 1 aromatic rings. The molecule has 1 N–H and O–H groups in total. The van der Waals surface area contributed by atoms with Gasteiger partial charge in [-0.15, -0.1) is 0 Å². The second-order valence-corrected chi connectivity index (χ2v) is 7.01. The molecule has 0 heterocycles. The number of rotatable bonds is 3. The maximum atomic E-state index is 13.1. The molecular formula is C15H18FIO. The predicted octanol–water partition coefficient (Wildman–Crippen LogP) is 4.29. The molecule has 0 aromatic heterocycles. The van der Waals surface area contributed by atoms with Crippen LogP contribution < -0.4 is 0 Å². The second-order valence-electron chi connectivity index (χ2n) is 5.85. The summed E-state index contributed by atoms with van der Waals surface area (Å²) in [5, 5.41) is 10.4. The van der Waals surface area contributed by atoms with Gasteiger partial charge in [0.15, 0.2) is 0 Å².